The summed E-state index contributed by atoms with van der Waals surface area (Å²) in [5.74, 6) is 2.54. The number of ether oxygens (including phenoxy) is 1. The molecule has 0 spiro atoms. The Kier molecular flexibility index (Phi) is 8.14. The Labute approximate surface area is 315 Å². The van der Waals surface area contributed by atoms with Crippen LogP contribution in [0.4, 0.5) is 5.69 Å². The molecule has 8 aromatic rings. The van der Waals surface area contributed by atoms with Gasteiger partial charge in [-0.25, -0.2) is 19.8 Å². The fourth-order valence-corrected chi connectivity index (χ4v) is 7.22. The van der Waals surface area contributed by atoms with E-state index in [0.29, 0.717) is 23.2 Å². The van der Waals surface area contributed by atoms with E-state index in [1.54, 1.807) is 0 Å². The molecule has 1 aliphatic heterocycles. The van der Waals surface area contributed by atoms with Crippen molar-refractivity contribution in [3.8, 4) is 84.4 Å². The van der Waals surface area contributed by atoms with Crippen LogP contribution < -0.4 is 4.74 Å². The van der Waals surface area contributed by atoms with Crippen molar-refractivity contribution >= 4 is 5.69 Å². The highest BCUT2D eigenvalue weighted by atomic mass is 16.5. The van der Waals surface area contributed by atoms with Crippen molar-refractivity contribution in [3.63, 3.8) is 0 Å². The maximum Gasteiger partial charge on any atom is 0.187 e. The number of nitrogens with zero attached hydrogens (tertiary/aromatic N) is 4. The van der Waals surface area contributed by atoms with E-state index in [-0.39, 0.29) is 0 Å². The third-order valence-corrected chi connectivity index (χ3v) is 9.96. The number of fused-ring (bicyclic) bond motifs is 3. The van der Waals surface area contributed by atoms with E-state index in [4.69, 9.17) is 26.3 Å². The van der Waals surface area contributed by atoms with Gasteiger partial charge in [-0.1, -0.05) is 127 Å². The summed E-state index contributed by atoms with van der Waals surface area (Å²) >= 11 is 0. The van der Waals surface area contributed by atoms with Crippen molar-refractivity contribution in [1.29, 1.82) is 0 Å². The number of rotatable bonds is 6. The van der Waals surface area contributed by atoms with E-state index in [1.165, 1.54) is 0 Å². The Hall–Kier alpha value is -7.16. The van der Waals surface area contributed by atoms with Gasteiger partial charge in [0.25, 0.3) is 0 Å². The van der Waals surface area contributed by atoms with Crippen molar-refractivity contribution in [1.82, 2.24) is 15.0 Å². The maximum absolute atomic E-state index is 7.46. The predicted molar refractivity (Wildman–Crippen MR) is 218 cm³/mol. The molecule has 2 heterocycles. The Balaban J connectivity index is 1.25. The van der Waals surface area contributed by atoms with Gasteiger partial charge in [0.05, 0.1) is 6.57 Å². The summed E-state index contributed by atoms with van der Waals surface area (Å²) in [6, 6.07) is 57.8. The van der Waals surface area contributed by atoms with E-state index in [9.17, 15) is 0 Å². The minimum absolute atomic E-state index is 0.458. The maximum atomic E-state index is 7.46. The van der Waals surface area contributed by atoms with Gasteiger partial charge in [-0.2, -0.15) is 0 Å². The van der Waals surface area contributed by atoms with Crippen molar-refractivity contribution in [3.05, 3.63) is 187 Å². The van der Waals surface area contributed by atoms with Crippen LogP contribution >= 0.6 is 0 Å². The molecule has 0 amide bonds. The first-order valence-electron chi connectivity index (χ1n) is 18.0. The number of benzene rings is 7. The van der Waals surface area contributed by atoms with Gasteiger partial charge in [-0.15, -0.1) is 0 Å². The Morgan fingerprint density at radius 3 is 1.57 bits per heavy atom. The summed E-state index contributed by atoms with van der Waals surface area (Å²) < 4.78 is 6.53. The molecule has 0 saturated carbocycles. The number of aromatic nitrogens is 3. The molecule has 54 heavy (non-hydrogen) atoms. The molecular formula is C49H34N4O. The molecule has 7 aromatic carbocycles. The number of hydrogen-bond acceptors (Lipinski definition) is 4. The Morgan fingerprint density at radius 2 is 0.907 bits per heavy atom. The van der Waals surface area contributed by atoms with E-state index in [2.05, 4.69) is 116 Å². The topological polar surface area (TPSA) is 52.3 Å². The van der Waals surface area contributed by atoms with Crippen LogP contribution in [0, 0.1) is 6.57 Å². The van der Waals surface area contributed by atoms with Crippen LogP contribution in [0.3, 0.4) is 0 Å². The molecule has 0 radical (unpaired) electrons. The first kappa shape index (κ1) is 32.7. The largest absolute Gasteiger partial charge is 0.482 e. The van der Waals surface area contributed by atoms with Crippen LogP contribution in [-0.2, 0) is 5.60 Å². The second kappa shape index (κ2) is 13.4. The lowest BCUT2D eigenvalue weighted by molar-refractivity contribution is 0.106. The molecule has 5 nitrogen and oxygen atoms in total. The monoisotopic (exact) mass is 694 g/mol. The van der Waals surface area contributed by atoms with E-state index >= 15 is 0 Å². The Bertz CT molecular complexity index is 2710. The van der Waals surface area contributed by atoms with Crippen molar-refractivity contribution < 1.29 is 4.74 Å². The third-order valence-electron chi connectivity index (χ3n) is 9.96. The molecule has 0 N–H and O–H groups in total. The summed E-state index contributed by atoms with van der Waals surface area (Å²) in [5, 5.41) is 0. The summed E-state index contributed by atoms with van der Waals surface area (Å²) in [6.07, 6.45) is 0. The zero-order chi connectivity index (χ0) is 36.6. The normalized spacial score (nSPS) is 12.5. The smallest absolute Gasteiger partial charge is 0.187 e. The minimum Gasteiger partial charge on any atom is -0.482 e. The minimum atomic E-state index is -0.458. The van der Waals surface area contributed by atoms with Gasteiger partial charge in [0, 0.05) is 27.8 Å². The molecule has 1 aromatic heterocycles. The zero-order valence-electron chi connectivity index (χ0n) is 29.9. The van der Waals surface area contributed by atoms with Crippen molar-refractivity contribution in [2.24, 2.45) is 0 Å². The molecule has 0 unspecified atom stereocenters. The molecular weight excluding hydrogens is 661 g/mol. The lowest BCUT2D eigenvalue weighted by Gasteiger charge is -2.35. The highest BCUT2D eigenvalue weighted by molar-refractivity contribution is 5.83. The summed E-state index contributed by atoms with van der Waals surface area (Å²) in [5.41, 5.74) is 12.4. The van der Waals surface area contributed by atoms with Crippen LogP contribution in [0.15, 0.2) is 170 Å². The zero-order valence-corrected chi connectivity index (χ0v) is 29.9. The number of hydrogen-bond donors (Lipinski definition) is 0. The Morgan fingerprint density at radius 1 is 0.426 bits per heavy atom. The molecule has 1 aliphatic rings. The fraction of sp³-hybridized carbons (Fsp3) is 0.0612. The average molecular weight is 695 g/mol. The molecule has 0 fully saturated rings. The van der Waals surface area contributed by atoms with Crippen LogP contribution in [0.25, 0.3) is 83.5 Å². The first-order chi connectivity index (χ1) is 26.4. The van der Waals surface area contributed by atoms with Crippen LogP contribution in [0.2, 0.25) is 0 Å². The van der Waals surface area contributed by atoms with Gasteiger partial charge in [-0.3, -0.25) is 0 Å². The van der Waals surface area contributed by atoms with Gasteiger partial charge in [-0.05, 0) is 95.3 Å². The lowest BCUT2D eigenvalue weighted by atomic mass is 9.86. The molecule has 5 heteroatoms. The average Bonchev–Trinajstić information content (AvgIpc) is 3.24. The molecule has 9 rings (SSSR count). The second-order valence-electron chi connectivity index (χ2n) is 13.9. The van der Waals surface area contributed by atoms with Crippen molar-refractivity contribution in [2.45, 2.75) is 19.4 Å². The van der Waals surface area contributed by atoms with Crippen molar-refractivity contribution in [2.75, 3.05) is 0 Å². The molecule has 0 bridgehead atoms. The highest BCUT2D eigenvalue weighted by Crippen LogP contribution is 2.46. The standard InChI is InChI=1S/C49H34N4O/c1-49(2)44-20-11-10-19-42(44)43-31-37(23-26-45(43)54-49)47-51-46(36-18-12-17-35(27-36)32-13-6-4-7-14-32)52-48(53-47)40-29-38(33-15-8-5-9-16-33)28-39(30-40)34-21-24-41(50-3)25-22-34/h4-31H,1-2H3. The molecule has 0 atom stereocenters. The second-order valence-corrected chi connectivity index (χ2v) is 13.9. The van der Waals surface area contributed by atoms with E-state index in [0.717, 1.165) is 72.5 Å². The molecule has 256 valence electrons. The SMILES string of the molecule is [C-]#[N+]c1ccc(-c2cc(-c3ccccc3)cc(-c3nc(-c4cccc(-c5ccccc5)c4)nc(-c4ccc5c(c4)-c4ccccc4C(C)(C)O5)n3)c2)cc1. The lowest BCUT2D eigenvalue weighted by Crippen LogP contribution is -2.29. The first-order valence-corrected chi connectivity index (χ1v) is 18.0. The summed E-state index contributed by atoms with van der Waals surface area (Å²) in [6.45, 7) is 11.7. The summed E-state index contributed by atoms with van der Waals surface area (Å²) in [4.78, 5) is 19.2. The van der Waals surface area contributed by atoms with Gasteiger partial charge >= 0.3 is 0 Å². The molecule has 0 saturated heterocycles. The molecule has 0 aliphatic carbocycles. The van der Waals surface area contributed by atoms with Gasteiger partial charge in [0.15, 0.2) is 23.2 Å². The summed E-state index contributed by atoms with van der Waals surface area (Å²) in [7, 11) is 0. The van der Waals surface area contributed by atoms with Crippen LogP contribution in [0.1, 0.15) is 19.4 Å². The van der Waals surface area contributed by atoms with Crippen LogP contribution in [-0.4, -0.2) is 15.0 Å². The third kappa shape index (κ3) is 6.21. The quantitative estimate of drug-likeness (QED) is 0.163. The van der Waals surface area contributed by atoms with Gasteiger partial charge in [0.2, 0.25) is 0 Å². The van der Waals surface area contributed by atoms with E-state index < -0.39 is 5.60 Å². The predicted octanol–water partition coefficient (Wildman–Crippen LogP) is 12.7. The van der Waals surface area contributed by atoms with Crippen LogP contribution in [0.5, 0.6) is 5.75 Å². The van der Waals surface area contributed by atoms with Gasteiger partial charge in [0.1, 0.15) is 11.4 Å². The fourth-order valence-electron chi connectivity index (χ4n) is 7.22. The van der Waals surface area contributed by atoms with E-state index in [1.807, 2.05) is 72.8 Å². The highest BCUT2D eigenvalue weighted by Gasteiger charge is 2.32. The van der Waals surface area contributed by atoms with Gasteiger partial charge < -0.3 is 4.74 Å².